The molecule has 1 aromatic carbocycles. The lowest BCUT2D eigenvalue weighted by atomic mass is 9.96. The van der Waals surface area contributed by atoms with Gasteiger partial charge in [-0.25, -0.2) is 4.39 Å². The predicted octanol–water partition coefficient (Wildman–Crippen LogP) is 1.75. The smallest absolute Gasteiger partial charge is 0.251 e. The van der Waals surface area contributed by atoms with Crippen LogP contribution in [0.3, 0.4) is 0 Å². The number of carbonyl (C=O) groups is 1. The minimum atomic E-state index is -1.07. The minimum absolute atomic E-state index is 0.0343. The first-order valence-corrected chi connectivity index (χ1v) is 6.37. The van der Waals surface area contributed by atoms with Crippen molar-refractivity contribution in [1.29, 1.82) is 0 Å². The summed E-state index contributed by atoms with van der Waals surface area (Å²) in [5.74, 6) is -1.10. The van der Waals surface area contributed by atoms with E-state index in [2.05, 4.69) is 5.32 Å². The molecule has 1 saturated heterocycles. The molecule has 4 nitrogen and oxygen atoms in total. The minimum Gasteiger partial charge on any atom is -0.385 e. The molecule has 0 radical (unpaired) electrons. The summed E-state index contributed by atoms with van der Waals surface area (Å²) < 4.78 is 18.5. The van der Waals surface area contributed by atoms with Crippen molar-refractivity contribution in [2.75, 3.05) is 13.2 Å². The molecule has 1 aliphatic rings. The Balaban J connectivity index is 1.99. The molecule has 1 heterocycles. The Morgan fingerprint density at radius 3 is 3.00 bits per heavy atom. The number of hydrogen-bond donors (Lipinski definition) is 2. The van der Waals surface area contributed by atoms with E-state index in [1.165, 1.54) is 12.1 Å². The van der Waals surface area contributed by atoms with Gasteiger partial charge in [0.15, 0.2) is 0 Å². The zero-order chi connectivity index (χ0) is 14.0. The second kappa shape index (κ2) is 5.45. The highest BCUT2D eigenvalue weighted by molar-refractivity contribution is 6.30. The maximum absolute atomic E-state index is 13.2. The maximum Gasteiger partial charge on any atom is 0.251 e. The van der Waals surface area contributed by atoms with Gasteiger partial charge in [0.25, 0.3) is 5.91 Å². The molecular weight excluding hydrogens is 273 g/mol. The van der Waals surface area contributed by atoms with E-state index in [0.29, 0.717) is 13.0 Å². The molecule has 2 N–H and O–H groups in total. The molecule has 0 spiro atoms. The predicted molar refractivity (Wildman–Crippen MR) is 68.7 cm³/mol. The van der Waals surface area contributed by atoms with Gasteiger partial charge in [-0.05, 0) is 25.1 Å². The van der Waals surface area contributed by atoms with Gasteiger partial charge in [-0.3, -0.25) is 4.79 Å². The van der Waals surface area contributed by atoms with E-state index in [9.17, 15) is 14.3 Å². The summed E-state index contributed by atoms with van der Waals surface area (Å²) in [5.41, 5.74) is -0.905. The van der Waals surface area contributed by atoms with E-state index in [1.807, 2.05) is 0 Å². The third kappa shape index (κ3) is 3.05. The average Bonchev–Trinajstić information content (AvgIpc) is 2.71. The van der Waals surface area contributed by atoms with Crippen LogP contribution in [0.4, 0.5) is 4.39 Å². The van der Waals surface area contributed by atoms with Gasteiger partial charge >= 0.3 is 0 Å². The molecule has 2 rings (SSSR count). The van der Waals surface area contributed by atoms with E-state index in [-0.39, 0.29) is 23.2 Å². The van der Waals surface area contributed by atoms with Crippen molar-refractivity contribution in [2.45, 2.75) is 25.0 Å². The molecule has 104 valence electrons. The summed E-state index contributed by atoms with van der Waals surface area (Å²) in [6.07, 6.45) is 0.124. The largest absolute Gasteiger partial charge is 0.385 e. The Morgan fingerprint density at radius 2 is 2.42 bits per heavy atom. The third-order valence-electron chi connectivity index (χ3n) is 3.40. The first kappa shape index (κ1) is 14.2. The molecule has 0 aliphatic carbocycles. The normalized spacial score (nSPS) is 26.4. The van der Waals surface area contributed by atoms with E-state index in [0.717, 1.165) is 6.07 Å². The summed E-state index contributed by atoms with van der Waals surface area (Å²) in [4.78, 5) is 11.8. The average molecular weight is 288 g/mol. The lowest BCUT2D eigenvalue weighted by Gasteiger charge is -2.26. The highest BCUT2D eigenvalue weighted by Gasteiger charge is 2.39. The Labute approximate surface area is 115 Å². The van der Waals surface area contributed by atoms with Gasteiger partial charge in [0.05, 0.1) is 11.1 Å². The molecule has 0 bridgehead atoms. The molecule has 0 saturated carbocycles. The first-order chi connectivity index (χ1) is 8.92. The fraction of sp³-hybridized carbons (Fsp3) is 0.462. The molecule has 1 amide bonds. The van der Waals surface area contributed by atoms with Crippen LogP contribution in [0.25, 0.3) is 0 Å². The van der Waals surface area contributed by atoms with Crippen molar-refractivity contribution < 1.29 is 19.0 Å². The quantitative estimate of drug-likeness (QED) is 0.890. The summed E-state index contributed by atoms with van der Waals surface area (Å²) in [6.45, 7) is 2.28. The van der Waals surface area contributed by atoms with Crippen molar-refractivity contribution in [3.8, 4) is 0 Å². The Hall–Kier alpha value is -1.17. The molecule has 2 atom stereocenters. The van der Waals surface area contributed by atoms with Gasteiger partial charge in [-0.15, -0.1) is 0 Å². The maximum atomic E-state index is 13.2. The van der Waals surface area contributed by atoms with Crippen molar-refractivity contribution in [2.24, 2.45) is 0 Å². The zero-order valence-corrected chi connectivity index (χ0v) is 11.2. The fourth-order valence-electron chi connectivity index (χ4n) is 1.98. The van der Waals surface area contributed by atoms with Crippen LogP contribution in [0.2, 0.25) is 5.02 Å². The summed E-state index contributed by atoms with van der Waals surface area (Å²) in [6, 6.07) is 3.82. The Kier molecular flexibility index (Phi) is 4.08. The number of rotatable bonds is 3. The number of aliphatic hydroxyl groups is 1. The first-order valence-electron chi connectivity index (χ1n) is 5.99. The zero-order valence-electron chi connectivity index (χ0n) is 10.5. The van der Waals surface area contributed by atoms with Gasteiger partial charge in [0, 0.05) is 25.1 Å². The number of carbonyl (C=O) groups excluding carboxylic acids is 1. The van der Waals surface area contributed by atoms with Crippen LogP contribution < -0.4 is 5.32 Å². The van der Waals surface area contributed by atoms with E-state index in [1.54, 1.807) is 6.92 Å². The van der Waals surface area contributed by atoms with Crippen LogP contribution >= 0.6 is 11.6 Å². The van der Waals surface area contributed by atoms with E-state index in [4.69, 9.17) is 16.3 Å². The lowest BCUT2D eigenvalue weighted by Crippen LogP contribution is -2.47. The van der Waals surface area contributed by atoms with Crippen LogP contribution in [0.1, 0.15) is 23.7 Å². The number of ether oxygens (including phenoxy) is 1. The van der Waals surface area contributed by atoms with Gasteiger partial charge in [-0.1, -0.05) is 11.6 Å². The topological polar surface area (TPSA) is 58.6 Å². The third-order valence-corrected chi connectivity index (χ3v) is 3.70. The van der Waals surface area contributed by atoms with Gasteiger partial charge in [0.2, 0.25) is 0 Å². The monoisotopic (exact) mass is 287 g/mol. The van der Waals surface area contributed by atoms with Crippen LogP contribution in [-0.4, -0.2) is 35.9 Å². The van der Waals surface area contributed by atoms with E-state index >= 15 is 0 Å². The van der Waals surface area contributed by atoms with Gasteiger partial charge < -0.3 is 15.2 Å². The molecule has 1 fully saturated rings. The van der Waals surface area contributed by atoms with Crippen molar-refractivity contribution in [1.82, 2.24) is 5.32 Å². The van der Waals surface area contributed by atoms with Crippen molar-refractivity contribution in [3.05, 3.63) is 34.6 Å². The molecule has 6 heteroatoms. The van der Waals surface area contributed by atoms with Gasteiger partial charge in [-0.2, -0.15) is 0 Å². The molecule has 0 aromatic heterocycles. The lowest BCUT2D eigenvalue weighted by molar-refractivity contribution is -0.0251. The molecule has 1 aliphatic heterocycles. The molecule has 19 heavy (non-hydrogen) atoms. The highest BCUT2D eigenvalue weighted by Crippen LogP contribution is 2.25. The van der Waals surface area contributed by atoms with Crippen LogP contribution in [0, 0.1) is 5.82 Å². The Bertz CT molecular complexity index is 497. The SMILES string of the molecule is CC1OCCC1(O)CNC(=O)c1ccc(Cl)c(F)c1. The number of amides is 1. The number of halogens is 2. The standard InChI is InChI=1S/C13H15ClFNO3/c1-8-13(18,4-5-19-8)7-16-12(17)9-2-3-10(14)11(15)6-9/h2-3,6,8,18H,4-5,7H2,1H3,(H,16,17). The van der Waals surface area contributed by atoms with Crippen LogP contribution in [-0.2, 0) is 4.74 Å². The van der Waals surface area contributed by atoms with Crippen molar-refractivity contribution >= 4 is 17.5 Å². The number of nitrogens with one attached hydrogen (secondary N) is 1. The molecule has 2 unspecified atom stereocenters. The summed E-state index contributed by atoms with van der Waals surface area (Å²) in [5, 5.41) is 12.8. The molecular formula is C13H15ClFNO3. The van der Waals surface area contributed by atoms with Gasteiger partial charge in [0.1, 0.15) is 11.4 Å². The molecule has 1 aromatic rings. The van der Waals surface area contributed by atoms with Crippen molar-refractivity contribution in [3.63, 3.8) is 0 Å². The second-order valence-corrected chi connectivity index (χ2v) is 5.09. The highest BCUT2D eigenvalue weighted by atomic mass is 35.5. The Morgan fingerprint density at radius 1 is 1.68 bits per heavy atom. The fourth-order valence-corrected chi connectivity index (χ4v) is 2.09. The second-order valence-electron chi connectivity index (χ2n) is 4.68. The van der Waals surface area contributed by atoms with E-state index < -0.39 is 17.3 Å². The summed E-state index contributed by atoms with van der Waals surface area (Å²) >= 11 is 5.54. The van der Waals surface area contributed by atoms with Crippen LogP contribution in [0.5, 0.6) is 0 Å². The number of hydrogen-bond acceptors (Lipinski definition) is 3. The summed E-state index contributed by atoms with van der Waals surface area (Å²) in [7, 11) is 0. The number of benzene rings is 1. The van der Waals surface area contributed by atoms with Crippen LogP contribution in [0.15, 0.2) is 18.2 Å².